The maximum atomic E-state index is 6.13. The molecule has 3 heteroatoms. The molecule has 0 aliphatic heterocycles. The van der Waals surface area contributed by atoms with Crippen LogP contribution in [0.2, 0.25) is 5.02 Å². The SMILES string of the molecule is CCOc1ccc(NC(C)CC(C)C)cc1Cl. The molecule has 0 aliphatic carbocycles. The van der Waals surface area contributed by atoms with Crippen molar-refractivity contribution in [3.8, 4) is 5.75 Å². The number of benzene rings is 1. The van der Waals surface area contributed by atoms with E-state index in [1.807, 2.05) is 25.1 Å². The molecular formula is C14H22ClNO. The Morgan fingerprint density at radius 1 is 1.29 bits per heavy atom. The highest BCUT2D eigenvalue weighted by Crippen LogP contribution is 2.28. The fourth-order valence-electron chi connectivity index (χ4n) is 1.91. The summed E-state index contributed by atoms with van der Waals surface area (Å²) in [6, 6.07) is 6.29. The van der Waals surface area contributed by atoms with Crippen molar-refractivity contribution in [2.24, 2.45) is 5.92 Å². The first kappa shape index (κ1) is 14.2. The summed E-state index contributed by atoms with van der Waals surface area (Å²) in [6.45, 7) is 9.22. The van der Waals surface area contributed by atoms with Crippen LogP contribution in [0.4, 0.5) is 5.69 Å². The Hall–Kier alpha value is -0.890. The average Bonchev–Trinajstić information content (AvgIpc) is 2.21. The second kappa shape index (κ2) is 6.75. The van der Waals surface area contributed by atoms with Crippen LogP contribution in [0.3, 0.4) is 0 Å². The summed E-state index contributed by atoms with van der Waals surface area (Å²) in [6.07, 6.45) is 1.14. The van der Waals surface area contributed by atoms with Gasteiger partial charge in [0.25, 0.3) is 0 Å². The van der Waals surface area contributed by atoms with E-state index in [9.17, 15) is 0 Å². The molecule has 0 bridgehead atoms. The predicted molar refractivity (Wildman–Crippen MR) is 75.2 cm³/mol. The van der Waals surface area contributed by atoms with Gasteiger partial charge in [-0.3, -0.25) is 0 Å². The van der Waals surface area contributed by atoms with Crippen molar-refractivity contribution in [2.75, 3.05) is 11.9 Å². The summed E-state index contributed by atoms with van der Waals surface area (Å²) in [7, 11) is 0. The molecule has 0 saturated heterocycles. The molecule has 0 fully saturated rings. The maximum absolute atomic E-state index is 6.13. The average molecular weight is 256 g/mol. The first-order valence-electron chi connectivity index (χ1n) is 6.21. The molecule has 0 aliphatic rings. The van der Waals surface area contributed by atoms with E-state index in [1.165, 1.54) is 0 Å². The van der Waals surface area contributed by atoms with E-state index in [0.29, 0.717) is 23.6 Å². The molecule has 1 aromatic carbocycles. The lowest BCUT2D eigenvalue weighted by molar-refractivity contribution is 0.340. The largest absolute Gasteiger partial charge is 0.492 e. The molecule has 0 aromatic heterocycles. The third kappa shape index (κ3) is 4.86. The molecule has 1 rings (SSSR count). The molecule has 0 amide bonds. The zero-order valence-corrected chi connectivity index (χ0v) is 11.8. The van der Waals surface area contributed by atoms with Crippen LogP contribution >= 0.6 is 11.6 Å². The minimum absolute atomic E-state index is 0.448. The Morgan fingerprint density at radius 3 is 2.53 bits per heavy atom. The molecule has 0 heterocycles. The van der Waals surface area contributed by atoms with Crippen LogP contribution in [0, 0.1) is 5.92 Å². The fourth-order valence-corrected chi connectivity index (χ4v) is 2.15. The van der Waals surface area contributed by atoms with Crippen LogP contribution in [0.5, 0.6) is 5.75 Å². The van der Waals surface area contributed by atoms with Gasteiger partial charge in [-0.1, -0.05) is 25.4 Å². The Bertz CT molecular complexity index is 352. The van der Waals surface area contributed by atoms with Crippen LogP contribution in [-0.4, -0.2) is 12.6 Å². The van der Waals surface area contributed by atoms with Gasteiger partial charge in [0, 0.05) is 11.7 Å². The number of hydrogen-bond acceptors (Lipinski definition) is 2. The Kier molecular flexibility index (Phi) is 5.63. The monoisotopic (exact) mass is 255 g/mol. The van der Waals surface area contributed by atoms with E-state index in [-0.39, 0.29) is 0 Å². The van der Waals surface area contributed by atoms with Gasteiger partial charge >= 0.3 is 0 Å². The zero-order valence-electron chi connectivity index (χ0n) is 11.1. The molecule has 0 spiro atoms. The number of rotatable bonds is 6. The maximum Gasteiger partial charge on any atom is 0.138 e. The molecule has 1 aromatic rings. The van der Waals surface area contributed by atoms with Crippen molar-refractivity contribution in [1.29, 1.82) is 0 Å². The molecule has 2 nitrogen and oxygen atoms in total. The molecule has 0 radical (unpaired) electrons. The third-order valence-electron chi connectivity index (χ3n) is 2.47. The normalized spacial score (nSPS) is 12.6. The van der Waals surface area contributed by atoms with Crippen LogP contribution in [0.25, 0.3) is 0 Å². The molecule has 1 N–H and O–H groups in total. The van der Waals surface area contributed by atoms with E-state index >= 15 is 0 Å². The van der Waals surface area contributed by atoms with Crippen molar-refractivity contribution in [3.05, 3.63) is 23.2 Å². The van der Waals surface area contributed by atoms with E-state index in [4.69, 9.17) is 16.3 Å². The van der Waals surface area contributed by atoms with Gasteiger partial charge in [0.2, 0.25) is 0 Å². The highest BCUT2D eigenvalue weighted by Gasteiger charge is 2.07. The number of ether oxygens (including phenoxy) is 1. The summed E-state index contributed by atoms with van der Waals surface area (Å²) in [5.41, 5.74) is 1.05. The fraction of sp³-hybridized carbons (Fsp3) is 0.571. The van der Waals surface area contributed by atoms with Crippen LogP contribution < -0.4 is 10.1 Å². The van der Waals surface area contributed by atoms with Crippen molar-refractivity contribution < 1.29 is 4.74 Å². The third-order valence-corrected chi connectivity index (χ3v) is 2.77. The zero-order chi connectivity index (χ0) is 12.8. The lowest BCUT2D eigenvalue weighted by Gasteiger charge is -2.18. The number of nitrogens with one attached hydrogen (secondary N) is 1. The lowest BCUT2D eigenvalue weighted by atomic mass is 10.1. The summed E-state index contributed by atoms with van der Waals surface area (Å²) < 4.78 is 5.40. The van der Waals surface area contributed by atoms with Gasteiger partial charge < -0.3 is 10.1 Å². The topological polar surface area (TPSA) is 21.3 Å². The van der Waals surface area contributed by atoms with Gasteiger partial charge in [0.05, 0.1) is 11.6 Å². The summed E-state index contributed by atoms with van der Waals surface area (Å²) in [5.74, 6) is 1.44. The molecule has 96 valence electrons. The van der Waals surface area contributed by atoms with Crippen molar-refractivity contribution in [2.45, 2.75) is 40.2 Å². The van der Waals surface area contributed by atoms with Gasteiger partial charge in [0.1, 0.15) is 5.75 Å². The van der Waals surface area contributed by atoms with Gasteiger partial charge in [-0.25, -0.2) is 0 Å². The summed E-state index contributed by atoms with van der Waals surface area (Å²) in [4.78, 5) is 0. The van der Waals surface area contributed by atoms with E-state index in [0.717, 1.165) is 17.9 Å². The van der Waals surface area contributed by atoms with Crippen LogP contribution in [0.15, 0.2) is 18.2 Å². The molecular weight excluding hydrogens is 234 g/mol. The minimum atomic E-state index is 0.448. The van der Waals surface area contributed by atoms with Crippen molar-refractivity contribution in [3.63, 3.8) is 0 Å². The van der Waals surface area contributed by atoms with Gasteiger partial charge in [0.15, 0.2) is 0 Å². The lowest BCUT2D eigenvalue weighted by Crippen LogP contribution is -2.17. The van der Waals surface area contributed by atoms with Crippen molar-refractivity contribution >= 4 is 17.3 Å². The molecule has 17 heavy (non-hydrogen) atoms. The van der Waals surface area contributed by atoms with Crippen LogP contribution in [-0.2, 0) is 0 Å². The summed E-state index contributed by atoms with van der Waals surface area (Å²) >= 11 is 6.13. The van der Waals surface area contributed by atoms with Gasteiger partial charge in [-0.05, 0) is 44.4 Å². The Labute approximate surface area is 109 Å². The van der Waals surface area contributed by atoms with Crippen molar-refractivity contribution in [1.82, 2.24) is 0 Å². The van der Waals surface area contributed by atoms with Crippen LogP contribution in [0.1, 0.15) is 34.1 Å². The molecule has 1 unspecified atom stereocenters. The highest BCUT2D eigenvalue weighted by molar-refractivity contribution is 6.32. The Morgan fingerprint density at radius 2 is 2.00 bits per heavy atom. The van der Waals surface area contributed by atoms with Gasteiger partial charge in [-0.2, -0.15) is 0 Å². The number of anilines is 1. The first-order chi connectivity index (χ1) is 8.02. The predicted octanol–water partition coefficient (Wildman–Crippen LogP) is 4.59. The summed E-state index contributed by atoms with van der Waals surface area (Å²) in [5, 5.41) is 4.10. The van der Waals surface area contributed by atoms with E-state index in [1.54, 1.807) is 0 Å². The highest BCUT2D eigenvalue weighted by atomic mass is 35.5. The van der Waals surface area contributed by atoms with E-state index in [2.05, 4.69) is 26.1 Å². The molecule has 1 atom stereocenters. The quantitative estimate of drug-likeness (QED) is 0.803. The van der Waals surface area contributed by atoms with Gasteiger partial charge in [-0.15, -0.1) is 0 Å². The first-order valence-corrected chi connectivity index (χ1v) is 6.59. The Balaban J connectivity index is 2.63. The van der Waals surface area contributed by atoms with E-state index < -0.39 is 0 Å². The second-order valence-electron chi connectivity index (χ2n) is 4.75. The second-order valence-corrected chi connectivity index (χ2v) is 5.16. The molecule has 0 saturated carbocycles. The minimum Gasteiger partial charge on any atom is -0.492 e. The standard InChI is InChI=1S/C14H22ClNO/c1-5-17-14-7-6-12(9-13(14)15)16-11(4)8-10(2)3/h6-7,9-11,16H,5,8H2,1-4H3. The smallest absolute Gasteiger partial charge is 0.138 e. The number of halogens is 1. The number of hydrogen-bond donors (Lipinski definition) is 1.